The first-order chi connectivity index (χ1) is 12.1. The molecule has 0 aliphatic carbocycles. The third kappa shape index (κ3) is 4.57. The van der Waals surface area contributed by atoms with Gasteiger partial charge in [0.2, 0.25) is 5.95 Å². The van der Waals surface area contributed by atoms with Crippen molar-refractivity contribution in [2.75, 3.05) is 5.32 Å². The fourth-order valence-electron chi connectivity index (χ4n) is 2.08. The number of carbonyl (C=O) groups is 1. The topological polar surface area (TPSA) is 66.9 Å². The molecular formula is C18H14F2N4O. The van der Waals surface area contributed by atoms with Gasteiger partial charge in [-0.05, 0) is 48.0 Å². The Balaban J connectivity index is 1.64. The molecule has 1 aromatic heterocycles. The zero-order valence-corrected chi connectivity index (χ0v) is 13.0. The van der Waals surface area contributed by atoms with Crippen LogP contribution in [0, 0.1) is 11.6 Å². The van der Waals surface area contributed by atoms with Crippen molar-refractivity contribution in [2.45, 2.75) is 6.54 Å². The Kier molecular flexibility index (Phi) is 4.94. The maximum absolute atomic E-state index is 12.9. The molecule has 3 aromatic rings. The molecule has 0 spiro atoms. The summed E-state index contributed by atoms with van der Waals surface area (Å²) in [4.78, 5) is 20.3. The highest BCUT2D eigenvalue weighted by molar-refractivity contribution is 5.92. The maximum atomic E-state index is 12.9. The Morgan fingerprint density at radius 2 is 1.56 bits per heavy atom. The minimum Gasteiger partial charge on any atom is -0.347 e. The molecule has 1 heterocycles. The first kappa shape index (κ1) is 16.5. The van der Waals surface area contributed by atoms with Gasteiger partial charge in [0.05, 0.1) is 0 Å². The van der Waals surface area contributed by atoms with Gasteiger partial charge in [0.15, 0.2) is 0 Å². The van der Waals surface area contributed by atoms with Gasteiger partial charge in [-0.2, -0.15) is 0 Å². The highest BCUT2D eigenvalue weighted by Crippen LogP contribution is 2.13. The van der Waals surface area contributed by atoms with Crippen molar-refractivity contribution in [3.63, 3.8) is 0 Å². The number of hydrogen-bond donors (Lipinski definition) is 2. The van der Waals surface area contributed by atoms with Crippen LogP contribution in [0.4, 0.5) is 20.4 Å². The molecule has 5 nitrogen and oxygen atoms in total. The predicted molar refractivity (Wildman–Crippen MR) is 89.3 cm³/mol. The van der Waals surface area contributed by atoms with Crippen LogP contribution in [0.5, 0.6) is 0 Å². The van der Waals surface area contributed by atoms with E-state index in [-0.39, 0.29) is 35.7 Å². The van der Waals surface area contributed by atoms with Crippen molar-refractivity contribution in [2.24, 2.45) is 0 Å². The molecule has 0 unspecified atom stereocenters. The van der Waals surface area contributed by atoms with E-state index in [1.807, 2.05) is 0 Å². The van der Waals surface area contributed by atoms with Crippen LogP contribution < -0.4 is 10.6 Å². The largest absolute Gasteiger partial charge is 0.347 e. The average molecular weight is 340 g/mol. The average Bonchev–Trinajstić information content (AvgIpc) is 2.63. The monoisotopic (exact) mass is 340 g/mol. The molecule has 0 bridgehead atoms. The lowest BCUT2D eigenvalue weighted by atomic mass is 10.2. The van der Waals surface area contributed by atoms with E-state index in [2.05, 4.69) is 20.6 Å². The molecule has 0 fully saturated rings. The Bertz CT molecular complexity index is 867. The van der Waals surface area contributed by atoms with Crippen molar-refractivity contribution < 1.29 is 13.6 Å². The number of amides is 1. The molecule has 0 aliphatic rings. The molecule has 2 aromatic carbocycles. The molecule has 3 rings (SSSR count). The number of benzene rings is 2. The van der Waals surface area contributed by atoms with Gasteiger partial charge in [0.1, 0.15) is 17.3 Å². The molecule has 25 heavy (non-hydrogen) atoms. The molecule has 0 radical (unpaired) electrons. The van der Waals surface area contributed by atoms with Gasteiger partial charge in [0.25, 0.3) is 5.91 Å². The van der Waals surface area contributed by atoms with Crippen molar-refractivity contribution >= 4 is 17.5 Å². The van der Waals surface area contributed by atoms with Crippen LogP contribution >= 0.6 is 0 Å². The van der Waals surface area contributed by atoms with Gasteiger partial charge in [-0.3, -0.25) is 4.79 Å². The van der Waals surface area contributed by atoms with Crippen LogP contribution in [0.2, 0.25) is 0 Å². The quantitative estimate of drug-likeness (QED) is 0.747. The SMILES string of the molecule is O=C(NCc1ccc(F)cc1)c1ccnc(Nc2ccc(F)cc2)n1. The van der Waals surface area contributed by atoms with E-state index < -0.39 is 0 Å². The summed E-state index contributed by atoms with van der Waals surface area (Å²) >= 11 is 0. The van der Waals surface area contributed by atoms with E-state index in [4.69, 9.17) is 0 Å². The van der Waals surface area contributed by atoms with Crippen LogP contribution in [0.25, 0.3) is 0 Å². The number of halogens is 2. The molecule has 1 amide bonds. The smallest absolute Gasteiger partial charge is 0.270 e. The van der Waals surface area contributed by atoms with Crippen LogP contribution in [-0.2, 0) is 6.54 Å². The number of rotatable bonds is 5. The highest BCUT2D eigenvalue weighted by Gasteiger charge is 2.09. The minimum absolute atomic E-state index is 0.182. The molecule has 7 heteroatoms. The van der Waals surface area contributed by atoms with Gasteiger partial charge < -0.3 is 10.6 Å². The first-order valence-electron chi connectivity index (χ1n) is 7.48. The van der Waals surface area contributed by atoms with Gasteiger partial charge >= 0.3 is 0 Å². The number of hydrogen-bond acceptors (Lipinski definition) is 4. The van der Waals surface area contributed by atoms with Crippen molar-refractivity contribution in [1.82, 2.24) is 15.3 Å². The third-order valence-electron chi connectivity index (χ3n) is 3.35. The van der Waals surface area contributed by atoms with Gasteiger partial charge in [0, 0.05) is 18.4 Å². The Morgan fingerprint density at radius 1 is 0.920 bits per heavy atom. The second kappa shape index (κ2) is 7.48. The number of nitrogens with zero attached hydrogens (tertiary/aromatic N) is 2. The molecule has 0 saturated carbocycles. The summed E-state index contributed by atoms with van der Waals surface area (Å²) in [6.07, 6.45) is 1.45. The molecule has 126 valence electrons. The van der Waals surface area contributed by atoms with E-state index in [1.165, 1.54) is 36.5 Å². The zero-order valence-electron chi connectivity index (χ0n) is 13.0. The fraction of sp³-hybridized carbons (Fsp3) is 0.0556. The van der Waals surface area contributed by atoms with Crippen LogP contribution in [0.15, 0.2) is 60.8 Å². The van der Waals surface area contributed by atoms with E-state index in [0.717, 1.165) is 5.56 Å². The number of anilines is 2. The molecular weight excluding hydrogens is 326 g/mol. The summed E-state index contributed by atoms with van der Waals surface area (Å²) in [5.41, 5.74) is 1.56. The molecule has 0 saturated heterocycles. The summed E-state index contributed by atoms with van der Waals surface area (Å²) in [6, 6.07) is 13.0. The minimum atomic E-state index is -0.381. The second-order valence-corrected chi connectivity index (χ2v) is 5.21. The lowest BCUT2D eigenvalue weighted by Crippen LogP contribution is -2.24. The number of aromatic nitrogens is 2. The van der Waals surface area contributed by atoms with E-state index in [0.29, 0.717) is 5.69 Å². The molecule has 0 aliphatic heterocycles. The number of carbonyl (C=O) groups excluding carboxylic acids is 1. The Morgan fingerprint density at radius 3 is 2.24 bits per heavy atom. The van der Waals surface area contributed by atoms with E-state index in [1.54, 1.807) is 24.3 Å². The molecule has 0 atom stereocenters. The predicted octanol–water partition coefficient (Wildman–Crippen LogP) is 3.43. The third-order valence-corrected chi connectivity index (χ3v) is 3.35. The fourth-order valence-corrected chi connectivity index (χ4v) is 2.08. The summed E-state index contributed by atoms with van der Waals surface area (Å²) in [5, 5.41) is 5.60. The summed E-state index contributed by atoms with van der Waals surface area (Å²) in [7, 11) is 0. The van der Waals surface area contributed by atoms with Gasteiger partial charge in [-0.25, -0.2) is 18.7 Å². The maximum Gasteiger partial charge on any atom is 0.270 e. The van der Waals surface area contributed by atoms with Crippen molar-refractivity contribution in [3.05, 3.63) is 83.7 Å². The zero-order chi connectivity index (χ0) is 17.6. The standard InChI is InChI=1S/C18H14F2N4O/c19-13-3-1-12(2-4-13)11-22-17(25)16-9-10-21-18(24-16)23-15-7-5-14(20)6-8-15/h1-10H,11H2,(H,22,25)(H,21,23,24). The lowest BCUT2D eigenvalue weighted by Gasteiger charge is -2.07. The van der Waals surface area contributed by atoms with Crippen LogP contribution in [0.3, 0.4) is 0 Å². The van der Waals surface area contributed by atoms with Gasteiger partial charge in [-0.1, -0.05) is 12.1 Å². The van der Waals surface area contributed by atoms with E-state index >= 15 is 0 Å². The summed E-state index contributed by atoms with van der Waals surface area (Å²) < 4.78 is 25.8. The Labute approximate surface area is 142 Å². The number of nitrogens with one attached hydrogen (secondary N) is 2. The van der Waals surface area contributed by atoms with Crippen LogP contribution in [-0.4, -0.2) is 15.9 Å². The van der Waals surface area contributed by atoms with Crippen LogP contribution in [0.1, 0.15) is 16.1 Å². The summed E-state index contributed by atoms with van der Waals surface area (Å²) in [5.74, 6) is -0.835. The summed E-state index contributed by atoms with van der Waals surface area (Å²) in [6.45, 7) is 0.254. The normalized spacial score (nSPS) is 10.3. The van der Waals surface area contributed by atoms with Gasteiger partial charge in [-0.15, -0.1) is 0 Å². The highest BCUT2D eigenvalue weighted by atomic mass is 19.1. The van der Waals surface area contributed by atoms with Crippen molar-refractivity contribution in [3.8, 4) is 0 Å². The van der Waals surface area contributed by atoms with E-state index in [9.17, 15) is 13.6 Å². The first-order valence-corrected chi connectivity index (χ1v) is 7.48. The molecule has 2 N–H and O–H groups in total. The van der Waals surface area contributed by atoms with Crippen molar-refractivity contribution in [1.29, 1.82) is 0 Å². The Hall–Kier alpha value is -3.35. The second-order valence-electron chi connectivity index (χ2n) is 5.21. The lowest BCUT2D eigenvalue weighted by molar-refractivity contribution is 0.0946.